The maximum atomic E-state index is 13.0. The molecule has 3 heterocycles. The van der Waals surface area contributed by atoms with Gasteiger partial charge in [0, 0.05) is 31.9 Å². The van der Waals surface area contributed by atoms with Gasteiger partial charge >= 0.3 is 0 Å². The van der Waals surface area contributed by atoms with Crippen LogP contribution >= 0.6 is 11.6 Å². The van der Waals surface area contributed by atoms with E-state index in [1.807, 2.05) is 6.07 Å². The van der Waals surface area contributed by atoms with Crippen LogP contribution in [0.2, 0.25) is 5.15 Å². The molecule has 4 nitrogen and oxygen atoms in total. The van der Waals surface area contributed by atoms with Gasteiger partial charge in [0.1, 0.15) is 11.3 Å². The standard InChI is InChI=1S/C15H15ClFN3O/c16-13-5-4-11(8-18-13)9-20-7-6-12(10-20)21-15-3-1-2-14(17)19-15/h1-5,8,12H,6-7,9-10H2. The van der Waals surface area contributed by atoms with E-state index in [0.717, 1.165) is 31.6 Å². The zero-order valence-corrected chi connectivity index (χ0v) is 12.1. The largest absolute Gasteiger partial charge is 0.473 e. The van der Waals surface area contributed by atoms with Gasteiger partial charge in [-0.25, -0.2) is 4.98 Å². The highest BCUT2D eigenvalue weighted by Gasteiger charge is 2.24. The summed E-state index contributed by atoms with van der Waals surface area (Å²) >= 11 is 5.77. The summed E-state index contributed by atoms with van der Waals surface area (Å²) in [6.45, 7) is 2.53. The number of hydrogen-bond donors (Lipinski definition) is 0. The van der Waals surface area contributed by atoms with Gasteiger partial charge in [0.25, 0.3) is 0 Å². The molecule has 21 heavy (non-hydrogen) atoms. The second-order valence-corrected chi connectivity index (χ2v) is 5.44. The molecule has 1 fully saturated rings. The quantitative estimate of drug-likeness (QED) is 0.814. The van der Waals surface area contributed by atoms with E-state index in [1.165, 1.54) is 6.07 Å². The van der Waals surface area contributed by atoms with Crippen LogP contribution in [-0.2, 0) is 6.54 Å². The lowest BCUT2D eigenvalue weighted by Gasteiger charge is -2.16. The van der Waals surface area contributed by atoms with Crippen molar-refractivity contribution in [1.29, 1.82) is 0 Å². The Labute approximate surface area is 127 Å². The van der Waals surface area contributed by atoms with E-state index in [9.17, 15) is 4.39 Å². The Morgan fingerprint density at radius 3 is 3.00 bits per heavy atom. The molecular weight excluding hydrogens is 293 g/mol. The van der Waals surface area contributed by atoms with Gasteiger partial charge in [0.2, 0.25) is 11.8 Å². The van der Waals surface area contributed by atoms with Gasteiger partial charge in [0.05, 0.1) is 0 Å². The van der Waals surface area contributed by atoms with Crippen LogP contribution in [0.15, 0.2) is 36.5 Å². The van der Waals surface area contributed by atoms with Crippen LogP contribution in [-0.4, -0.2) is 34.1 Å². The monoisotopic (exact) mass is 307 g/mol. The third-order valence-corrected chi connectivity index (χ3v) is 3.62. The molecule has 1 aliphatic rings. The van der Waals surface area contributed by atoms with Gasteiger partial charge in [-0.2, -0.15) is 9.37 Å². The summed E-state index contributed by atoms with van der Waals surface area (Å²) in [6, 6.07) is 8.34. The van der Waals surface area contributed by atoms with Gasteiger partial charge in [-0.05, 0) is 24.1 Å². The first-order chi connectivity index (χ1) is 10.2. The summed E-state index contributed by atoms with van der Waals surface area (Å²) in [6.07, 6.45) is 2.73. The van der Waals surface area contributed by atoms with Gasteiger partial charge in [-0.15, -0.1) is 0 Å². The van der Waals surface area contributed by atoms with Crippen LogP contribution in [0.25, 0.3) is 0 Å². The summed E-state index contributed by atoms with van der Waals surface area (Å²) in [7, 11) is 0. The number of ether oxygens (including phenoxy) is 1. The lowest BCUT2D eigenvalue weighted by atomic mass is 10.3. The molecule has 3 rings (SSSR count). The highest BCUT2D eigenvalue weighted by Crippen LogP contribution is 2.18. The number of rotatable bonds is 4. The van der Waals surface area contributed by atoms with Crippen molar-refractivity contribution in [3.63, 3.8) is 0 Å². The van der Waals surface area contributed by atoms with Gasteiger partial charge < -0.3 is 4.74 Å². The second kappa shape index (κ2) is 6.37. The summed E-state index contributed by atoms with van der Waals surface area (Å²) in [4.78, 5) is 10.1. The summed E-state index contributed by atoms with van der Waals surface area (Å²) in [5, 5.41) is 0.499. The molecule has 2 aromatic heterocycles. The third kappa shape index (κ3) is 3.89. The number of hydrogen-bond acceptors (Lipinski definition) is 4. The van der Waals surface area contributed by atoms with Crippen molar-refractivity contribution < 1.29 is 9.13 Å². The number of nitrogens with zero attached hydrogens (tertiary/aromatic N) is 3. The Bertz CT molecular complexity index is 608. The number of aromatic nitrogens is 2. The van der Waals surface area contributed by atoms with Crippen LogP contribution in [0.3, 0.4) is 0 Å². The molecule has 110 valence electrons. The predicted molar refractivity (Wildman–Crippen MR) is 77.8 cm³/mol. The van der Waals surface area contributed by atoms with E-state index >= 15 is 0 Å². The summed E-state index contributed by atoms with van der Waals surface area (Å²) in [5.41, 5.74) is 1.11. The first-order valence-corrected chi connectivity index (χ1v) is 7.19. The SMILES string of the molecule is Fc1cccc(OC2CCN(Cc3ccc(Cl)nc3)C2)n1. The number of likely N-dealkylation sites (tertiary alicyclic amines) is 1. The topological polar surface area (TPSA) is 38.2 Å². The average Bonchev–Trinajstić information content (AvgIpc) is 2.89. The Balaban J connectivity index is 1.54. The van der Waals surface area contributed by atoms with E-state index in [0.29, 0.717) is 11.0 Å². The summed E-state index contributed by atoms with van der Waals surface area (Å²) in [5.74, 6) is -0.176. The molecule has 1 unspecified atom stereocenters. The third-order valence-electron chi connectivity index (χ3n) is 3.40. The molecule has 1 aliphatic heterocycles. The van der Waals surface area contributed by atoms with Crippen LogP contribution in [0, 0.1) is 5.95 Å². The smallest absolute Gasteiger partial charge is 0.216 e. The first-order valence-electron chi connectivity index (χ1n) is 6.81. The highest BCUT2D eigenvalue weighted by molar-refractivity contribution is 6.29. The minimum atomic E-state index is -0.519. The number of halogens is 2. The van der Waals surface area contributed by atoms with E-state index in [-0.39, 0.29) is 6.10 Å². The molecule has 0 radical (unpaired) electrons. The van der Waals surface area contributed by atoms with Crippen molar-refractivity contribution in [2.45, 2.75) is 19.1 Å². The zero-order valence-electron chi connectivity index (χ0n) is 11.4. The molecule has 0 saturated carbocycles. The van der Waals surface area contributed by atoms with E-state index < -0.39 is 5.95 Å². The number of pyridine rings is 2. The lowest BCUT2D eigenvalue weighted by molar-refractivity contribution is 0.189. The summed E-state index contributed by atoms with van der Waals surface area (Å²) < 4.78 is 18.7. The molecule has 0 aliphatic carbocycles. The van der Waals surface area contributed by atoms with Crippen molar-refractivity contribution in [2.24, 2.45) is 0 Å². The van der Waals surface area contributed by atoms with E-state index in [1.54, 1.807) is 24.4 Å². The van der Waals surface area contributed by atoms with Gasteiger partial charge in [-0.1, -0.05) is 23.7 Å². The predicted octanol–water partition coefficient (Wildman–Crippen LogP) is 2.92. The van der Waals surface area contributed by atoms with Crippen LogP contribution in [0.1, 0.15) is 12.0 Å². The maximum Gasteiger partial charge on any atom is 0.216 e. The lowest BCUT2D eigenvalue weighted by Crippen LogP contribution is -2.24. The van der Waals surface area contributed by atoms with Crippen molar-refractivity contribution in [1.82, 2.24) is 14.9 Å². The molecule has 0 amide bonds. The molecule has 0 spiro atoms. The maximum absolute atomic E-state index is 13.0. The minimum Gasteiger partial charge on any atom is -0.473 e. The Morgan fingerprint density at radius 2 is 2.24 bits per heavy atom. The van der Waals surface area contributed by atoms with Crippen LogP contribution in [0.4, 0.5) is 4.39 Å². The normalized spacial score (nSPS) is 18.9. The fourth-order valence-corrected chi connectivity index (χ4v) is 2.53. The zero-order chi connectivity index (χ0) is 14.7. The Morgan fingerprint density at radius 1 is 1.33 bits per heavy atom. The molecule has 0 N–H and O–H groups in total. The van der Waals surface area contributed by atoms with Crippen molar-refractivity contribution in [3.05, 3.63) is 53.2 Å². The van der Waals surface area contributed by atoms with E-state index in [2.05, 4.69) is 14.9 Å². The van der Waals surface area contributed by atoms with Gasteiger partial charge in [-0.3, -0.25) is 4.90 Å². The first kappa shape index (κ1) is 14.2. The van der Waals surface area contributed by atoms with E-state index in [4.69, 9.17) is 16.3 Å². The molecule has 1 saturated heterocycles. The average molecular weight is 308 g/mol. The molecular formula is C15H15ClFN3O. The highest BCUT2D eigenvalue weighted by atomic mass is 35.5. The Kier molecular flexibility index (Phi) is 4.31. The minimum absolute atomic E-state index is 0.0413. The van der Waals surface area contributed by atoms with Crippen molar-refractivity contribution in [2.75, 3.05) is 13.1 Å². The molecule has 0 bridgehead atoms. The second-order valence-electron chi connectivity index (χ2n) is 5.05. The molecule has 6 heteroatoms. The molecule has 2 aromatic rings. The van der Waals surface area contributed by atoms with Crippen molar-refractivity contribution in [3.8, 4) is 5.88 Å². The fourth-order valence-electron chi connectivity index (χ4n) is 2.42. The van der Waals surface area contributed by atoms with Crippen molar-refractivity contribution >= 4 is 11.6 Å². The van der Waals surface area contributed by atoms with Crippen LogP contribution in [0.5, 0.6) is 5.88 Å². The molecule has 0 aromatic carbocycles. The molecule has 1 atom stereocenters. The fraction of sp³-hybridized carbons (Fsp3) is 0.333. The Hall–Kier alpha value is -1.72. The van der Waals surface area contributed by atoms with Gasteiger partial charge in [0.15, 0.2) is 0 Å². The van der Waals surface area contributed by atoms with Crippen LogP contribution < -0.4 is 4.74 Å².